The molecule has 0 spiro atoms. The van der Waals surface area contributed by atoms with E-state index in [0.29, 0.717) is 6.54 Å². The van der Waals surface area contributed by atoms with Crippen molar-refractivity contribution in [3.8, 4) is 5.75 Å². The molecule has 2 amide bonds. The maximum atomic E-state index is 12.5. The molecule has 0 saturated carbocycles. The second kappa shape index (κ2) is 7.86. The van der Waals surface area contributed by atoms with Gasteiger partial charge in [-0.15, -0.1) is 0 Å². The fraction of sp³-hybridized carbons (Fsp3) is 0.444. The molecule has 1 saturated heterocycles. The summed E-state index contributed by atoms with van der Waals surface area (Å²) in [6.45, 7) is 2.26. The van der Waals surface area contributed by atoms with Crippen LogP contribution in [0.15, 0.2) is 42.7 Å². The van der Waals surface area contributed by atoms with E-state index in [1.807, 2.05) is 40.0 Å². The van der Waals surface area contributed by atoms with Crippen LogP contribution in [0.4, 0.5) is 4.79 Å². The number of likely N-dealkylation sites (tertiary alicyclic amines) is 1. The summed E-state index contributed by atoms with van der Waals surface area (Å²) >= 11 is 0. The molecule has 6 heteroatoms. The Hall–Kier alpha value is -2.50. The molecule has 2 heterocycles. The highest BCUT2D eigenvalue weighted by Gasteiger charge is 2.29. The first-order valence-corrected chi connectivity index (χ1v) is 8.44. The van der Waals surface area contributed by atoms with Crippen molar-refractivity contribution in [2.45, 2.75) is 31.8 Å². The van der Waals surface area contributed by atoms with E-state index in [4.69, 9.17) is 4.74 Å². The molecule has 1 N–H and O–H groups in total. The van der Waals surface area contributed by atoms with E-state index in [-0.39, 0.29) is 12.1 Å². The fourth-order valence-corrected chi connectivity index (χ4v) is 3.18. The normalized spacial score (nSPS) is 17.0. The van der Waals surface area contributed by atoms with E-state index in [2.05, 4.69) is 16.5 Å². The molecule has 0 aliphatic carbocycles. The Kier molecular flexibility index (Phi) is 5.36. The second-order valence-electron chi connectivity index (χ2n) is 5.98. The van der Waals surface area contributed by atoms with Crippen LogP contribution in [-0.4, -0.2) is 40.9 Å². The van der Waals surface area contributed by atoms with Crippen LogP contribution in [0.5, 0.6) is 5.75 Å². The lowest BCUT2D eigenvalue weighted by molar-refractivity contribution is 0.192. The Morgan fingerprint density at radius 2 is 2.33 bits per heavy atom. The van der Waals surface area contributed by atoms with Crippen LogP contribution in [0.25, 0.3) is 0 Å². The molecule has 1 aromatic carbocycles. The molecule has 1 fully saturated rings. The third-order valence-corrected chi connectivity index (χ3v) is 4.39. The number of amides is 2. The SMILES string of the molecule is COc1cccc([C@H]2CCCN2C(=O)NCCCn2cccn2)c1. The molecular formula is C18H24N4O2. The van der Waals surface area contributed by atoms with E-state index in [9.17, 15) is 4.79 Å². The van der Waals surface area contributed by atoms with Crippen LogP contribution in [0.3, 0.4) is 0 Å². The average Bonchev–Trinajstić information content (AvgIpc) is 3.30. The van der Waals surface area contributed by atoms with Crippen molar-refractivity contribution in [3.63, 3.8) is 0 Å². The van der Waals surface area contributed by atoms with Crippen molar-refractivity contribution in [2.24, 2.45) is 0 Å². The van der Waals surface area contributed by atoms with Gasteiger partial charge in [-0.3, -0.25) is 4.68 Å². The van der Waals surface area contributed by atoms with Crippen LogP contribution in [-0.2, 0) is 6.54 Å². The van der Waals surface area contributed by atoms with Crippen molar-refractivity contribution < 1.29 is 9.53 Å². The van der Waals surface area contributed by atoms with E-state index in [1.165, 1.54) is 0 Å². The number of hydrogen-bond donors (Lipinski definition) is 1. The number of methoxy groups -OCH3 is 1. The third-order valence-electron chi connectivity index (χ3n) is 4.39. The fourth-order valence-electron chi connectivity index (χ4n) is 3.18. The molecule has 1 aromatic heterocycles. The van der Waals surface area contributed by atoms with Crippen molar-refractivity contribution >= 4 is 6.03 Å². The predicted octanol–water partition coefficient (Wildman–Crippen LogP) is 2.83. The highest BCUT2D eigenvalue weighted by Crippen LogP contribution is 2.33. The third kappa shape index (κ3) is 3.88. The molecule has 128 valence electrons. The summed E-state index contributed by atoms with van der Waals surface area (Å²) < 4.78 is 7.17. The Balaban J connectivity index is 1.53. The first-order chi connectivity index (χ1) is 11.8. The summed E-state index contributed by atoms with van der Waals surface area (Å²) in [4.78, 5) is 14.4. The zero-order chi connectivity index (χ0) is 16.8. The van der Waals surface area contributed by atoms with Crippen molar-refractivity contribution in [1.29, 1.82) is 0 Å². The maximum Gasteiger partial charge on any atom is 0.317 e. The number of nitrogens with one attached hydrogen (secondary N) is 1. The summed E-state index contributed by atoms with van der Waals surface area (Å²) in [5, 5.41) is 7.19. The largest absolute Gasteiger partial charge is 0.497 e. The summed E-state index contributed by atoms with van der Waals surface area (Å²) in [7, 11) is 1.66. The van der Waals surface area contributed by atoms with Gasteiger partial charge in [-0.2, -0.15) is 5.10 Å². The number of aromatic nitrogens is 2. The van der Waals surface area contributed by atoms with E-state index < -0.39 is 0 Å². The van der Waals surface area contributed by atoms with Gasteiger partial charge in [0.05, 0.1) is 13.2 Å². The Morgan fingerprint density at radius 1 is 1.42 bits per heavy atom. The van der Waals surface area contributed by atoms with Crippen LogP contribution in [0.1, 0.15) is 30.9 Å². The highest BCUT2D eigenvalue weighted by atomic mass is 16.5. The van der Waals surface area contributed by atoms with Crippen LogP contribution < -0.4 is 10.1 Å². The molecular weight excluding hydrogens is 304 g/mol. The smallest absolute Gasteiger partial charge is 0.317 e. The first kappa shape index (κ1) is 16.4. The van der Waals surface area contributed by atoms with Gasteiger partial charge >= 0.3 is 6.03 Å². The minimum absolute atomic E-state index is 0.0146. The van der Waals surface area contributed by atoms with Gasteiger partial charge in [0.15, 0.2) is 0 Å². The summed E-state index contributed by atoms with van der Waals surface area (Å²) in [5.41, 5.74) is 1.14. The monoisotopic (exact) mass is 328 g/mol. The average molecular weight is 328 g/mol. The number of rotatable bonds is 6. The van der Waals surface area contributed by atoms with Crippen LogP contribution in [0, 0.1) is 0 Å². The molecule has 24 heavy (non-hydrogen) atoms. The van der Waals surface area contributed by atoms with Crippen molar-refractivity contribution in [1.82, 2.24) is 20.0 Å². The number of urea groups is 1. The summed E-state index contributed by atoms with van der Waals surface area (Å²) in [6.07, 6.45) is 6.59. The van der Waals surface area contributed by atoms with Gasteiger partial charge < -0.3 is 15.0 Å². The second-order valence-corrected chi connectivity index (χ2v) is 5.98. The molecule has 0 radical (unpaired) electrons. The first-order valence-electron chi connectivity index (χ1n) is 8.44. The van der Waals surface area contributed by atoms with Gasteiger partial charge in [-0.05, 0) is 43.0 Å². The standard InChI is InChI=1S/C18H24N4O2/c1-24-16-7-2-6-15(14-16)17-8-3-13-22(17)18(23)19-9-4-11-21-12-5-10-20-21/h2,5-7,10,12,14,17H,3-4,8-9,11,13H2,1H3,(H,19,23)/t17-/m1/s1. The van der Waals surface area contributed by atoms with Crippen molar-refractivity contribution in [3.05, 3.63) is 48.3 Å². The van der Waals surface area contributed by atoms with Crippen LogP contribution in [0.2, 0.25) is 0 Å². The maximum absolute atomic E-state index is 12.5. The van der Waals surface area contributed by atoms with Gasteiger partial charge in [0.1, 0.15) is 5.75 Å². The molecule has 6 nitrogen and oxygen atoms in total. The molecule has 1 aliphatic rings. The summed E-state index contributed by atoms with van der Waals surface area (Å²) in [6, 6.07) is 10.0. The molecule has 0 bridgehead atoms. The molecule has 2 aromatic rings. The quantitative estimate of drug-likeness (QED) is 0.830. The zero-order valence-corrected chi connectivity index (χ0v) is 14.0. The highest BCUT2D eigenvalue weighted by molar-refractivity contribution is 5.75. The molecule has 1 atom stereocenters. The minimum Gasteiger partial charge on any atom is -0.497 e. The number of hydrogen-bond acceptors (Lipinski definition) is 3. The molecule has 3 rings (SSSR count). The van der Waals surface area contributed by atoms with Gasteiger partial charge in [0.2, 0.25) is 0 Å². The van der Waals surface area contributed by atoms with Gasteiger partial charge in [-0.25, -0.2) is 4.79 Å². The Morgan fingerprint density at radius 3 is 3.12 bits per heavy atom. The van der Waals surface area contributed by atoms with Gasteiger partial charge in [-0.1, -0.05) is 12.1 Å². The number of benzene rings is 1. The van der Waals surface area contributed by atoms with Crippen molar-refractivity contribution in [2.75, 3.05) is 20.2 Å². The number of aryl methyl sites for hydroxylation is 1. The number of carbonyl (C=O) groups is 1. The number of ether oxygens (including phenoxy) is 1. The minimum atomic E-state index is 0.0146. The lowest BCUT2D eigenvalue weighted by Crippen LogP contribution is -2.40. The van der Waals surface area contributed by atoms with E-state index in [0.717, 1.165) is 43.7 Å². The lowest BCUT2D eigenvalue weighted by Gasteiger charge is -2.25. The van der Waals surface area contributed by atoms with Crippen LogP contribution >= 0.6 is 0 Å². The molecule has 0 unspecified atom stereocenters. The van der Waals surface area contributed by atoms with Gasteiger partial charge in [0, 0.05) is 32.0 Å². The molecule has 1 aliphatic heterocycles. The van der Waals surface area contributed by atoms with E-state index in [1.54, 1.807) is 13.3 Å². The number of nitrogens with zero attached hydrogens (tertiary/aromatic N) is 3. The predicted molar refractivity (Wildman–Crippen MR) is 91.9 cm³/mol. The van der Waals surface area contributed by atoms with E-state index >= 15 is 0 Å². The zero-order valence-electron chi connectivity index (χ0n) is 14.0. The van der Waals surface area contributed by atoms with Gasteiger partial charge in [0.25, 0.3) is 0 Å². The lowest BCUT2D eigenvalue weighted by atomic mass is 10.0. The summed E-state index contributed by atoms with van der Waals surface area (Å²) in [5.74, 6) is 0.832. The Labute approximate surface area is 142 Å². The number of carbonyl (C=O) groups excluding carboxylic acids is 1. The Bertz CT molecular complexity index is 657. The topological polar surface area (TPSA) is 59.4 Å².